The summed E-state index contributed by atoms with van der Waals surface area (Å²) in [6.07, 6.45) is 0. The summed E-state index contributed by atoms with van der Waals surface area (Å²) in [5.41, 5.74) is 18.9. The summed E-state index contributed by atoms with van der Waals surface area (Å²) in [6, 6.07) is 15.3. The van der Waals surface area contributed by atoms with Crippen molar-refractivity contribution in [3.8, 4) is 0 Å². The van der Waals surface area contributed by atoms with Crippen molar-refractivity contribution in [2.45, 2.75) is 13.8 Å². The van der Waals surface area contributed by atoms with Gasteiger partial charge in [-0.25, -0.2) is 0 Å². The summed E-state index contributed by atoms with van der Waals surface area (Å²) in [6.45, 7) is 7.74. The van der Waals surface area contributed by atoms with Gasteiger partial charge in [0.05, 0.1) is 17.6 Å². The Morgan fingerprint density at radius 2 is 1.22 bits per heavy atom. The molecule has 1 aliphatic heterocycles. The summed E-state index contributed by atoms with van der Waals surface area (Å²) in [4.78, 5) is 27.7. The minimum atomic E-state index is 0.143. The van der Waals surface area contributed by atoms with Crippen LogP contribution < -0.4 is 27.0 Å². The highest BCUT2D eigenvalue weighted by Gasteiger charge is 2.21. The van der Waals surface area contributed by atoms with Gasteiger partial charge in [0, 0.05) is 77.6 Å². The molecule has 6 rings (SSSR count). The van der Waals surface area contributed by atoms with Gasteiger partial charge in [-0.05, 0) is 62.4 Å². The van der Waals surface area contributed by atoms with E-state index in [0.717, 1.165) is 70.7 Å². The molecule has 3 aromatic heterocycles. The smallest absolute Gasteiger partial charge is 0.233 e. The molecule has 0 spiro atoms. The van der Waals surface area contributed by atoms with Gasteiger partial charge in [0.1, 0.15) is 0 Å². The number of anilines is 7. The van der Waals surface area contributed by atoms with Gasteiger partial charge >= 0.3 is 0 Å². The lowest BCUT2D eigenvalue weighted by atomic mass is 10.1. The van der Waals surface area contributed by atoms with Gasteiger partial charge in [0.2, 0.25) is 17.8 Å². The molecule has 7 N–H and O–H groups in total. The second-order valence-electron chi connectivity index (χ2n) is 10.3. The molecule has 1 aliphatic rings. The lowest BCUT2D eigenvalue weighted by Gasteiger charge is -2.34. The molecule has 210 valence electrons. The molecule has 12 nitrogen and oxygen atoms in total. The fraction of sp³-hybridized carbons (Fsp3) is 0.276. The number of aliphatic hydroxyl groups is 1. The van der Waals surface area contributed by atoms with Crippen molar-refractivity contribution < 1.29 is 5.11 Å². The maximum absolute atomic E-state index is 9.32. The van der Waals surface area contributed by atoms with E-state index in [1.165, 1.54) is 0 Å². The van der Waals surface area contributed by atoms with Gasteiger partial charge in [0.15, 0.2) is 0 Å². The molecule has 41 heavy (non-hydrogen) atoms. The number of piperazine rings is 1. The highest BCUT2D eigenvalue weighted by molar-refractivity contribution is 5.94. The number of nitrogens with one attached hydrogen (secondary N) is 2. The van der Waals surface area contributed by atoms with Crippen LogP contribution in [0.3, 0.4) is 0 Å². The zero-order valence-corrected chi connectivity index (χ0v) is 23.1. The molecule has 0 radical (unpaired) electrons. The third-order valence-corrected chi connectivity index (χ3v) is 7.14. The van der Waals surface area contributed by atoms with Crippen LogP contribution in [-0.4, -0.2) is 74.3 Å². The average molecular weight is 552 g/mol. The fourth-order valence-corrected chi connectivity index (χ4v) is 5.12. The van der Waals surface area contributed by atoms with E-state index < -0.39 is 0 Å². The Morgan fingerprint density at radius 3 is 1.71 bits per heavy atom. The number of nitrogens with zero attached hydrogens (tertiary/aromatic N) is 7. The normalized spacial score (nSPS) is 14.1. The monoisotopic (exact) mass is 551 g/mol. The number of nitrogens with two attached hydrogens (primary N) is 2. The number of β-amino-alcohol motifs (C(OH)–C–C–N with tert-alkyl or cyclic N) is 1. The van der Waals surface area contributed by atoms with Crippen LogP contribution in [0.25, 0.3) is 21.8 Å². The molecule has 0 atom stereocenters. The van der Waals surface area contributed by atoms with Crippen molar-refractivity contribution in [3.05, 3.63) is 59.9 Å². The predicted molar refractivity (Wildman–Crippen MR) is 164 cm³/mol. The van der Waals surface area contributed by atoms with E-state index in [4.69, 9.17) is 21.4 Å². The minimum Gasteiger partial charge on any atom is -0.398 e. The van der Waals surface area contributed by atoms with Crippen LogP contribution in [0.15, 0.2) is 48.5 Å². The Bertz CT molecular complexity index is 1620. The summed E-state index contributed by atoms with van der Waals surface area (Å²) in [5.74, 6) is 1.35. The molecular formula is C29H33N11O. The first kappa shape index (κ1) is 26.4. The predicted octanol–water partition coefficient (Wildman–Crippen LogP) is 3.35. The molecule has 5 aromatic rings. The third-order valence-electron chi connectivity index (χ3n) is 7.14. The zero-order valence-electron chi connectivity index (χ0n) is 23.1. The summed E-state index contributed by atoms with van der Waals surface area (Å²) >= 11 is 0. The zero-order chi connectivity index (χ0) is 28.5. The van der Waals surface area contributed by atoms with Crippen molar-refractivity contribution in [1.82, 2.24) is 29.8 Å². The van der Waals surface area contributed by atoms with Crippen molar-refractivity contribution in [2.24, 2.45) is 0 Å². The van der Waals surface area contributed by atoms with Crippen molar-refractivity contribution in [2.75, 3.05) is 66.3 Å². The first-order valence-electron chi connectivity index (χ1n) is 13.6. The second-order valence-corrected chi connectivity index (χ2v) is 10.3. The van der Waals surface area contributed by atoms with Gasteiger partial charge in [-0.2, -0.15) is 15.0 Å². The number of aryl methyl sites for hydroxylation is 2. The molecule has 4 heterocycles. The molecule has 0 bridgehead atoms. The number of nitrogen functional groups attached to an aromatic ring is 2. The largest absolute Gasteiger partial charge is 0.398 e. The van der Waals surface area contributed by atoms with Gasteiger partial charge in [-0.1, -0.05) is 0 Å². The number of aliphatic hydroxyl groups excluding tert-OH is 1. The lowest BCUT2D eigenvalue weighted by molar-refractivity contribution is 0.188. The lowest BCUT2D eigenvalue weighted by Crippen LogP contribution is -2.47. The van der Waals surface area contributed by atoms with Gasteiger partial charge < -0.3 is 32.1 Å². The summed E-state index contributed by atoms with van der Waals surface area (Å²) < 4.78 is 0. The van der Waals surface area contributed by atoms with Crippen LogP contribution in [0.5, 0.6) is 0 Å². The van der Waals surface area contributed by atoms with Gasteiger partial charge in [0.25, 0.3) is 0 Å². The quantitative estimate of drug-likeness (QED) is 0.200. The SMILES string of the molecule is Cc1cc(N)c2cc(Nc3nc(Nc4ccc5nc(C)cc(N)c5c4)nc(N4CCN(CCO)CC4)n3)ccc2n1. The average Bonchev–Trinajstić information content (AvgIpc) is 2.94. The third kappa shape index (κ3) is 5.74. The van der Waals surface area contributed by atoms with E-state index in [1.54, 1.807) is 0 Å². The van der Waals surface area contributed by atoms with E-state index in [0.29, 0.717) is 35.8 Å². The van der Waals surface area contributed by atoms with Crippen LogP contribution in [0.2, 0.25) is 0 Å². The maximum Gasteiger partial charge on any atom is 0.233 e. The molecule has 0 saturated carbocycles. The minimum absolute atomic E-state index is 0.143. The van der Waals surface area contributed by atoms with Crippen LogP contribution in [0.1, 0.15) is 11.4 Å². The first-order valence-corrected chi connectivity index (χ1v) is 13.6. The summed E-state index contributed by atoms with van der Waals surface area (Å²) in [7, 11) is 0. The highest BCUT2D eigenvalue weighted by Crippen LogP contribution is 2.28. The van der Waals surface area contributed by atoms with E-state index >= 15 is 0 Å². The highest BCUT2D eigenvalue weighted by atomic mass is 16.3. The van der Waals surface area contributed by atoms with Crippen molar-refractivity contribution in [3.63, 3.8) is 0 Å². The Morgan fingerprint density at radius 1 is 0.707 bits per heavy atom. The number of aromatic nitrogens is 5. The molecule has 1 fully saturated rings. The molecule has 2 aromatic carbocycles. The number of benzene rings is 2. The van der Waals surface area contributed by atoms with E-state index in [2.05, 4.69) is 35.4 Å². The van der Waals surface area contributed by atoms with Gasteiger partial charge in [-0.15, -0.1) is 0 Å². The molecule has 1 saturated heterocycles. The maximum atomic E-state index is 9.32. The molecular weight excluding hydrogens is 518 g/mol. The van der Waals surface area contributed by atoms with E-state index in [-0.39, 0.29) is 6.61 Å². The van der Waals surface area contributed by atoms with Crippen LogP contribution in [-0.2, 0) is 0 Å². The molecule has 12 heteroatoms. The van der Waals surface area contributed by atoms with Crippen molar-refractivity contribution >= 4 is 62.4 Å². The number of hydrogen-bond donors (Lipinski definition) is 5. The topological polar surface area (TPSA) is 167 Å². The Kier molecular flexibility index (Phi) is 7.08. The standard InChI is InChI=1S/C29H33N11O/c1-17-13-23(30)21-15-19(3-5-25(21)32-17)34-27-36-28(38-29(37-27)40-9-7-39(8-10-40)11-12-41)35-20-4-6-26-22(16-20)24(31)14-18(2)33-26/h3-6,13-16,41H,7-12H2,1-2H3,(H2,30,32)(H2,31,33)(H2,34,35,36,37,38). The van der Waals surface area contributed by atoms with Gasteiger partial charge in [-0.3, -0.25) is 14.9 Å². The first-order chi connectivity index (χ1) is 19.8. The Labute approximate surface area is 237 Å². The number of hydrogen-bond acceptors (Lipinski definition) is 12. The van der Waals surface area contributed by atoms with Crippen LogP contribution >= 0.6 is 0 Å². The molecule has 0 unspecified atom stereocenters. The number of pyridine rings is 2. The van der Waals surface area contributed by atoms with Crippen LogP contribution in [0.4, 0.5) is 40.6 Å². The second kappa shape index (κ2) is 11.0. The van der Waals surface area contributed by atoms with E-state index in [9.17, 15) is 5.11 Å². The number of rotatable bonds is 7. The van der Waals surface area contributed by atoms with E-state index in [1.807, 2.05) is 62.4 Å². The van der Waals surface area contributed by atoms with Crippen LogP contribution in [0, 0.1) is 13.8 Å². The molecule has 0 aliphatic carbocycles. The molecule has 0 amide bonds. The Hall–Kier alpha value is -4.81. The summed E-state index contributed by atoms with van der Waals surface area (Å²) in [5, 5.41) is 17.7. The number of fused-ring (bicyclic) bond motifs is 2. The Balaban J connectivity index is 1.33. The fourth-order valence-electron chi connectivity index (χ4n) is 5.12. The van der Waals surface area contributed by atoms with Crippen molar-refractivity contribution in [1.29, 1.82) is 0 Å².